The monoisotopic (exact) mass is 606 g/mol. The Bertz CT molecular complexity index is 2400. The molecule has 2 N–H and O–H groups in total. The first-order valence-electron chi connectivity index (χ1n) is 15.9. The zero-order valence-electron chi connectivity index (χ0n) is 25.5. The van der Waals surface area contributed by atoms with Gasteiger partial charge in [-0.15, -0.1) is 0 Å². The van der Waals surface area contributed by atoms with Crippen LogP contribution in [0.2, 0.25) is 0 Å². The molecule has 9 rings (SSSR count). The number of benzene rings is 6. The maximum atomic E-state index is 6.55. The first-order valence-corrected chi connectivity index (χ1v) is 15.9. The summed E-state index contributed by atoms with van der Waals surface area (Å²) in [7, 11) is 0. The van der Waals surface area contributed by atoms with Crippen molar-refractivity contribution in [2.75, 3.05) is 0 Å². The van der Waals surface area contributed by atoms with Crippen LogP contribution in [-0.4, -0.2) is 10.8 Å². The fraction of sp³-hybridized carbons (Fsp3) is 0.0476. The van der Waals surface area contributed by atoms with Crippen LogP contribution in [0.3, 0.4) is 0 Å². The summed E-state index contributed by atoms with van der Waals surface area (Å²) in [4.78, 5) is 9.38. The van der Waals surface area contributed by atoms with Crippen molar-refractivity contribution in [3.05, 3.63) is 175 Å². The second-order valence-electron chi connectivity index (χ2n) is 12.0. The van der Waals surface area contributed by atoms with Crippen LogP contribution in [0.25, 0.3) is 55.0 Å². The Morgan fingerprint density at radius 1 is 0.553 bits per heavy atom. The van der Waals surface area contributed by atoms with E-state index in [-0.39, 0.29) is 12.3 Å². The van der Waals surface area contributed by atoms with Crippen LogP contribution in [0.5, 0.6) is 0 Å². The highest BCUT2D eigenvalue weighted by Crippen LogP contribution is 2.41. The number of amidine groups is 1. The number of hydrogen-bond donors (Lipinski definition) is 2. The fourth-order valence-electron chi connectivity index (χ4n) is 6.65. The summed E-state index contributed by atoms with van der Waals surface area (Å²) >= 11 is 0. The molecular weight excluding hydrogens is 576 g/mol. The van der Waals surface area contributed by atoms with Gasteiger partial charge in [0.1, 0.15) is 29.3 Å². The number of fused-ring (bicyclic) bond motifs is 4. The highest BCUT2D eigenvalue weighted by Gasteiger charge is 2.25. The lowest BCUT2D eigenvalue weighted by atomic mass is 9.93. The van der Waals surface area contributed by atoms with Gasteiger partial charge in [0.05, 0.1) is 0 Å². The van der Waals surface area contributed by atoms with E-state index in [9.17, 15) is 0 Å². The minimum Gasteiger partial charge on any atom is -0.456 e. The van der Waals surface area contributed by atoms with Gasteiger partial charge in [0.2, 0.25) is 0 Å². The molecule has 2 atom stereocenters. The Hall–Kier alpha value is -6.04. The van der Waals surface area contributed by atoms with Crippen LogP contribution in [-0.2, 0) is 0 Å². The van der Waals surface area contributed by atoms with E-state index in [0.29, 0.717) is 0 Å². The average Bonchev–Trinajstić information content (AvgIpc) is 3.51. The quantitative estimate of drug-likeness (QED) is 0.205. The predicted octanol–water partition coefficient (Wildman–Crippen LogP) is 9.81. The molecule has 0 amide bonds. The van der Waals surface area contributed by atoms with E-state index in [2.05, 4.69) is 131 Å². The number of nitrogens with one attached hydrogen (secondary N) is 2. The maximum Gasteiger partial charge on any atom is 0.136 e. The molecule has 0 spiro atoms. The minimum absolute atomic E-state index is 0.132. The van der Waals surface area contributed by atoms with Crippen LogP contribution in [0.15, 0.2) is 167 Å². The Morgan fingerprint density at radius 2 is 1.28 bits per heavy atom. The van der Waals surface area contributed by atoms with Crippen molar-refractivity contribution in [2.45, 2.75) is 12.3 Å². The lowest BCUT2D eigenvalue weighted by molar-refractivity contribution is 0.409. The van der Waals surface area contributed by atoms with Crippen molar-refractivity contribution in [1.29, 1.82) is 0 Å². The van der Waals surface area contributed by atoms with Crippen molar-refractivity contribution < 1.29 is 4.42 Å². The topological polar surface area (TPSA) is 62.5 Å². The third kappa shape index (κ3) is 5.03. The number of furan rings is 1. The highest BCUT2D eigenvalue weighted by molar-refractivity contribution is 6.16. The van der Waals surface area contributed by atoms with E-state index in [1.807, 2.05) is 42.7 Å². The number of rotatable bonds is 5. The van der Waals surface area contributed by atoms with Gasteiger partial charge in [-0.2, -0.15) is 0 Å². The molecule has 1 aliphatic rings. The smallest absolute Gasteiger partial charge is 0.136 e. The number of aromatic nitrogens is 1. The van der Waals surface area contributed by atoms with Gasteiger partial charge in [0.25, 0.3) is 0 Å². The summed E-state index contributed by atoms with van der Waals surface area (Å²) in [6.45, 7) is 0. The Morgan fingerprint density at radius 3 is 2.04 bits per heavy atom. The van der Waals surface area contributed by atoms with Gasteiger partial charge < -0.3 is 9.73 Å². The van der Waals surface area contributed by atoms with Gasteiger partial charge in [0.15, 0.2) is 0 Å². The molecule has 5 heteroatoms. The molecule has 0 saturated heterocycles. The van der Waals surface area contributed by atoms with Crippen molar-refractivity contribution in [3.8, 4) is 22.3 Å². The Balaban J connectivity index is 1.15. The van der Waals surface area contributed by atoms with Gasteiger partial charge in [-0.25, -0.2) is 4.99 Å². The third-order valence-corrected chi connectivity index (χ3v) is 9.02. The normalized spacial score (nSPS) is 16.3. The summed E-state index contributed by atoms with van der Waals surface area (Å²) in [6, 6.07) is 50.9. The van der Waals surface area contributed by atoms with E-state index in [1.165, 1.54) is 0 Å². The van der Waals surface area contributed by atoms with E-state index < -0.39 is 0 Å². The molecule has 0 aliphatic carbocycles. The van der Waals surface area contributed by atoms with Gasteiger partial charge in [-0.05, 0) is 69.1 Å². The van der Waals surface area contributed by atoms with Crippen molar-refractivity contribution in [3.63, 3.8) is 0 Å². The number of aliphatic imine (C=N–C) groups is 1. The summed E-state index contributed by atoms with van der Waals surface area (Å²) < 4.78 is 6.55. The highest BCUT2D eigenvalue weighted by atomic mass is 16.3. The van der Waals surface area contributed by atoms with Crippen LogP contribution in [0, 0.1) is 0 Å². The van der Waals surface area contributed by atoms with E-state index in [4.69, 9.17) is 9.41 Å². The zero-order chi connectivity index (χ0) is 31.2. The second-order valence-corrected chi connectivity index (χ2v) is 12.0. The third-order valence-electron chi connectivity index (χ3n) is 9.02. The molecule has 3 heterocycles. The first kappa shape index (κ1) is 27.3. The van der Waals surface area contributed by atoms with Gasteiger partial charge in [-0.1, -0.05) is 115 Å². The molecule has 0 bridgehead atoms. The molecule has 2 unspecified atom stereocenters. The fourth-order valence-corrected chi connectivity index (χ4v) is 6.65. The Labute approximate surface area is 272 Å². The minimum atomic E-state index is -0.179. The summed E-state index contributed by atoms with van der Waals surface area (Å²) in [5.41, 5.74) is 9.58. The molecule has 5 nitrogen and oxygen atoms in total. The van der Waals surface area contributed by atoms with Crippen LogP contribution in [0.4, 0.5) is 0 Å². The van der Waals surface area contributed by atoms with Crippen LogP contribution in [0.1, 0.15) is 29.0 Å². The average molecular weight is 607 g/mol. The molecule has 2 aromatic heterocycles. The molecular formula is C42H30N4O. The van der Waals surface area contributed by atoms with Crippen molar-refractivity contribution in [1.82, 2.24) is 15.6 Å². The van der Waals surface area contributed by atoms with Gasteiger partial charge in [0, 0.05) is 34.1 Å². The van der Waals surface area contributed by atoms with Gasteiger partial charge in [-0.3, -0.25) is 10.3 Å². The summed E-state index contributed by atoms with van der Waals surface area (Å²) in [5.74, 6) is 0.872. The predicted molar refractivity (Wildman–Crippen MR) is 191 cm³/mol. The maximum absolute atomic E-state index is 6.55. The van der Waals surface area contributed by atoms with Crippen LogP contribution >= 0.6 is 0 Å². The molecule has 8 aromatic rings. The second kappa shape index (κ2) is 11.4. The largest absolute Gasteiger partial charge is 0.456 e. The van der Waals surface area contributed by atoms with E-state index >= 15 is 0 Å². The zero-order valence-corrected chi connectivity index (χ0v) is 25.5. The van der Waals surface area contributed by atoms with E-state index in [1.54, 1.807) is 0 Å². The Kier molecular flexibility index (Phi) is 6.61. The number of pyridine rings is 1. The van der Waals surface area contributed by atoms with Gasteiger partial charge >= 0.3 is 0 Å². The lowest BCUT2D eigenvalue weighted by Crippen LogP contribution is -2.44. The molecule has 0 saturated carbocycles. The molecule has 224 valence electrons. The SMILES string of the molecule is c1ccc(C2=NC(c3ccccc3)NC(c3ccc(-c4cc(-c5ccccc5)cc5oc6cc7cnccc7cc6c45)cc3)N2)cc1. The molecule has 0 fully saturated rings. The molecule has 1 aliphatic heterocycles. The first-order chi connectivity index (χ1) is 23.3. The van der Waals surface area contributed by atoms with E-state index in [0.717, 1.165) is 77.5 Å². The number of nitrogens with zero attached hydrogens (tertiary/aromatic N) is 2. The molecule has 47 heavy (non-hydrogen) atoms. The number of hydrogen-bond acceptors (Lipinski definition) is 5. The van der Waals surface area contributed by atoms with Crippen molar-refractivity contribution in [2.24, 2.45) is 4.99 Å². The lowest BCUT2D eigenvalue weighted by Gasteiger charge is -2.32. The standard InChI is InChI=1S/C42H30N4O/c1-4-10-27(11-5-1)33-23-35(39-36-22-32-20-21-43-26-34(32)25-37(36)47-38(39)24-33)28-16-18-31(19-17-28)42-45-40(29-12-6-2-7-13-29)44-41(46-42)30-14-8-3-9-15-30/h1-26,40,42,45H,(H,44,46). The summed E-state index contributed by atoms with van der Waals surface area (Å²) in [5, 5.41) is 11.8. The molecule has 6 aromatic carbocycles. The van der Waals surface area contributed by atoms with Crippen molar-refractivity contribution >= 4 is 38.5 Å². The summed E-state index contributed by atoms with van der Waals surface area (Å²) in [6.07, 6.45) is 3.42. The molecule has 0 radical (unpaired) electrons. The van der Waals surface area contributed by atoms with Crippen LogP contribution < -0.4 is 10.6 Å².